The summed E-state index contributed by atoms with van der Waals surface area (Å²) in [7, 11) is 0. The van der Waals surface area contributed by atoms with Crippen molar-refractivity contribution in [3.05, 3.63) is 110 Å². The Labute approximate surface area is 220 Å². The van der Waals surface area contributed by atoms with Gasteiger partial charge in [0.05, 0.1) is 21.4 Å². The number of carbonyl (C=O) groups is 2. The summed E-state index contributed by atoms with van der Waals surface area (Å²) in [4.78, 5) is 39.6. The molecule has 3 rings (SSSR count). The standard InChI is InChI=1S/C27H27Cl2N3O4/c1-18(2)30-27(34)25(15-19-8-4-3-5-9-19)31(17-20-12-13-22(28)23(29)14-20)26(33)16-21-10-6-7-11-24(21)32(35)36/h3-14,18,25H,15-17H2,1-2H3,(H,30,34)/t25-/m1/s1. The first-order valence-corrected chi connectivity index (χ1v) is 12.2. The van der Waals surface area contributed by atoms with Gasteiger partial charge in [-0.25, -0.2) is 0 Å². The van der Waals surface area contributed by atoms with E-state index in [0.717, 1.165) is 5.56 Å². The maximum absolute atomic E-state index is 13.7. The lowest BCUT2D eigenvalue weighted by Crippen LogP contribution is -2.52. The van der Waals surface area contributed by atoms with E-state index in [2.05, 4.69) is 5.32 Å². The third-order valence-electron chi connectivity index (χ3n) is 5.57. The molecular weight excluding hydrogens is 501 g/mol. The molecule has 3 aromatic carbocycles. The minimum atomic E-state index is -0.862. The predicted molar refractivity (Wildman–Crippen MR) is 141 cm³/mol. The molecule has 2 amide bonds. The fourth-order valence-electron chi connectivity index (χ4n) is 3.87. The van der Waals surface area contributed by atoms with E-state index >= 15 is 0 Å². The number of hydrogen-bond donors (Lipinski definition) is 1. The number of nitrogens with one attached hydrogen (secondary N) is 1. The molecule has 0 saturated heterocycles. The minimum Gasteiger partial charge on any atom is -0.352 e. The number of nitrogens with zero attached hydrogens (tertiary/aromatic N) is 2. The van der Waals surface area contributed by atoms with E-state index in [-0.39, 0.29) is 42.6 Å². The molecule has 9 heteroatoms. The van der Waals surface area contributed by atoms with E-state index in [4.69, 9.17) is 23.2 Å². The number of nitro groups is 1. The van der Waals surface area contributed by atoms with Crippen molar-refractivity contribution in [1.82, 2.24) is 10.2 Å². The molecule has 36 heavy (non-hydrogen) atoms. The van der Waals surface area contributed by atoms with Crippen molar-refractivity contribution in [3.63, 3.8) is 0 Å². The summed E-state index contributed by atoms with van der Waals surface area (Å²) in [6, 6.07) is 19.5. The zero-order valence-electron chi connectivity index (χ0n) is 20.0. The lowest BCUT2D eigenvalue weighted by molar-refractivity contribution is -0.385. The molecule has 0 aliphatic carbocycles. The highest BCUT2D eigenvalue weighted by Gasteiger charge is 2.32. The zero-order chi connectivity index (χ0) is 26.2. The van der Waals surface area contributed by atoms with Gasteiger partial charge >= 0.3 is 0 Å². The summed E-state index contributed by atoms with van der Waals surface area (Å²) in [6.07, 6.45) is 0.0298. The topological polar surface area (TPSA) is 92.6 Å². The second-order valence-electron chi connectivity index (χ2n) is 8.70. The summed E-state index contributed by atoms with van der Waals surface area (Å²) in [5.41, 5.74) is 1.68. The van der Waals surface area contributed by atoms with Crippen LogP contribution < -0.4 is 5.32 Å². The Kier molecular flexibility index (Phi) is 9.44. The molecule has 188 valence electrons. The third kappa shape index (κ3) is 7.29. The largest absolute Gasteiger partial charge is 0.352 e. The summed E-state index contributed by atoms with van der Waals surface area (Å²) in [6.45, 7) is 3.76. The number of halogens is 2. The van der Waals surface area contributed by atoms with Crippen LogP contribution in [0.1, 0.15) is 30.5 Å². The van der Waals surface area contributed by atoms with Gasteiger partial charge in [-0.05, 0) is 37.1 Å². The van der Waals surface area contributed by atoms with E-state index in [1.807, 2.05) is 44.2 Å². The molecule has 0 aliphatic rings. The zero-order valence-corrected chi connectivity index (χ0v) is 21.5. The fourth-order valence-corrected chi connectivity index (χ4v) is 4.19. The number of carbonyl (C=O) groups excluding carboxylic acids is 2. The monoisotopic (exact) mass is 527 g/mol. The van der Waals surface area contributed by atoms with Crippen LogP contribution in [0.5, 0.6) is 0 Å². The second-order valence-corrected chi connectivity index (χ2v) is 9.52. The van der Waals surface area contributed by atoms with Crippen LogP contribution in [-0.4, -0.2) is 33.7 Å². The Balaban J connectivity index is 2.03. The number of rotatable bonds is 10. The average molecular weight is 528 g/mol. The van der Waals surface area contributed by atoms with Crippen molar-refractivity contribution >= 4 is 40.7 Å². The third-order valence-corrected chi connectivity index (χ3v) is 6.31. The van der Waals surface area contributed by atoms with Crippen molar-refractivity contribution in [2.45, 2.75) is 45.3 Å². The Bertz CT molecular complexity index is 1230. The van der Waals surface area contributed by atoms with Crippen molar-refractivity contribution < 1.29 is 14.5 Å². The van der Waals surface area contributed by atoms with Crippen LogP contribution in [0.25, 0.3) is 0 Å². The first kappa shape index (κ1) is 27.2. The number of benzene rings is 3. The van der Waals surface area contributed by atoms with Crippen molar-refractivity contribution in [2.24, 2.45) is 0 Å². The maximum Gasteiger partial charge on any atom is 0.273 e. The van der Waals surface area contributed by atoms with E-state index in [1.165, 1.54) is 11.0 Å². The Morgan fingerprint density at radius 2 is 1.61 bits per heavy atom. The van der Waals surface area contributed by atoms with Gasteiger partial charge in [-0.3, -0.25) is 19.7 Å². The Morgan fingerprint density at radius 3 is 2.25 bits per heavy atom. The summed E-state index contributed by atoms with van der Waals surface area (Å²) >= 11 is 12.3. The molecule has 3 aromatic rings. The van der Waals surface area contributed by atoms with Gasteiger partial charge in [0.15, 0.2) is 0 Å². The smallest absolute Gasteiger partial charge is 0.273 e. The van der Waals surface area contributed by atoms with Crippen LogP contribution >= 0.6 is 23.2 Å². The van der Waals surface area contributed by atoms with Gasteiger partial charge in [0, 0.05) is 30.6 Å². The van der Waals surface area contributed by atoms with Gasteiger partial charge in [-0.2, -0.15) is 0 Å². The molecule has 0 radical (unpaired) electrons. The highest BCUT2D eigenvalue weighted by atomic mass is 35.5. The molecule has 7 nitrogen and oxygen atoms in total. The quantitative estimate of drug-likeness (QED) is 0.274. The number of para-hydroxylation sites is 1. The van der Waals surface area contributed by atoms with Crippen LogP contribution in [-0.2, 0) is 29.0 Å². The molecule has 0 bridgehead atoms. The van der Waals surface area contributed by atoms with Crippen LogP contribution in [0.15, 0.2) is 72.8 Å². The second kappa shape index (κ2) is 12.5. The maximum atomic E-state index is 13.7. The predicted octanol–water partition coefficient (Wildman–Crippen LogP) is 5.61. The Morgan fingerprint density at radius 1 is 0.944 bits per heavy atom. The normalized spacial score (nSPS) is 11.7. The summed E-state index contributed by atoms with van der Waals surface area (Å²) < 4.78 is 0. The minimum absolute atomic E-state index is 0.0688. The molecule has 0 aliphatic heterocycles. The molecule has 0 unspecified atom stereocenters. The van der Waals surface area contributed by atoms with Crippen LogP contribution in [0.2, 0.25) is 10.0 Å². The number of amides is 2. The van der Waals surface area contributed by atoms with Crippen LogP contribution in [0.3, 0.4) is 0 Å². The van der Waals surface area contributed by atoms with Crippen LogP contribution in [0, 0.1) is 10.1 Å². The molecule has 0 aromatic heterocycles. The van der Waals surface area contributed by atoms with Crippen molar-refractivity contribution in [3.8, 4) is 0 Å². The lowest BCUT2D eigenvalue weighted by Gasteiger charge is -2.32. The van der Waals surface area contributed by atoms with E-state index in [9.17, 15) is 19.7 Å². The first-order chi connectivity index (χ1) is 17.2. The summed E-state index contributed by atoms with van der Waals surface area (Å²) in [5, 5.41) is 15.1. The van der Waals surface area contributed by atoms with E-state index in [0.29, 0.717) is 15.6 Å². The van der Waals surface area contributed by atoms with Gasteiger partial charge in [-0.1, -0.05) is 77.8 Å². The van der Waals surface area contributed by atoms with E-state index in [1.54, 1.807) is 36.4 Å². The van der Waals surface area contributed by atoms with Gasteiger partial charge in [0.1, 0.15) is 6.04 Å². The fraction of sp³-hybridized carbons (Fsp3) is 0.259. The molecule has 0 spiro atoms. The first-order valence-electron chi connectivity index (χ1n) is 11.5. The van der Waals surface area contributed by atoms with Gasteiger partial charge < -0.3 is 10.2 Å². The Hall–Kier alpha value is -3.42. The molecule has 0 heterocycles. The number of nitro benzene ring substituents is 1. The van der Waals surface area contributed by atoms with Gasteiger partial charge in [-0.15, -0.1) is 0 Å². The molecule has 0 saturated carbocycles. The van der Waals surface area contributed by atoms with Crippen molar-refractivity contribution in [1.29, 1.82) is 0 Å². The van der Waals surface area contributed by atoms with Crippen LogP contribution in [0.4, 0.5) is 5.69 Å². The molecule has 0 fully saturated rings. The highest BCUT2D eigenvalue weighted by molar-refractivity contribution is 6.42. The molecular formula is C27H27Cl2N3O4. The lowest BCUT2D eigenvalue weighted by atomic mass is 10.0. The molecule has 1 N–H and O–H groups in total. The van der Waals surface area contributed by atoms with Crippen molar-refractivity contribution in [2.75, 3.05) is 0 Å². The van der Waals surface area contributed by atoms with Gasteiger partial charge in [0.25, 0.3) is 5.69 Å². The average Bonchev–Trinajstić information content (AvgIpc) is 2.83. The highest BCUT2D eigenvalue weighted by Crippen LogP contribution is 2.25. The summed E-state index contributed by atoms with van der Waals surface area (Å²) in [5.74, 6) is -0.736. The van der Waals surface area contributed by atoms with Gasteiger partial charge in [0.2, 0.25) is 11.8 Å². The number of hydrogen-bond acceptors (Lipinski definition) is 4. The van der Waals surface area contributed by atoms with E-state index < -0.39 is 16.9 Å². The SMILES string of the molecule is CC(C)NC(=O)[C@@H](Cc1ccccc1)N(Cc1ccc(Cl)c(Cl)c1)C(=O)Cc1ccccc1[N+](=O)[O-]. The molecule has 1 atom stereocenters.